The summed E-state index contributed by atoms with van der Waals surface area (Å²) in [5.41, 5.74) is 1.72. The van der Waals surface area contributed by atoms with Gasteiger partial charge < -0.3 is 20.4 Å². The van der Waals surface area contributed by atoms with Gasteiger partial charge in [-0.05, 0) is 64.4 Å². The second-order valence-corrected chi connectivity index (χ2v) is 7.68. The maximum absolute atomic E-state index is 12.2. The van der Waals surface area contributed by atoms with Gasteiger partial charge in [0.05, 0.1) is 12.8 Å². The van der Waals surface area contributed by atoms with E-state index < -0.39 is 0 Å². The minimum absolute atomic E-state index is 0. The Labute approximate surface area is 203 Å². The molecule has 0 spiro atoms. The van der Waals surface area contributed by atoms with E-state index in [9.17, 15) is 4.79 Å². The number of hydrogen-bond donors (Lipinski definition) is 3. The molecule has 1 aromatic heterocycles. The number of carbonyl (C=O) groups excluding carboxylic acids is 1. The lowest BCUT2D eigenvalue weighted by molar-refractivity contribution is 0.0996. The Kier molecular flexibility index (Phi) is 12.2. The number of aliphatic imine (C=N–C) groups is 1. The third kappa shape index (κ3) is 9.30. The lowest BCUT2D eigenvalue weighted by Crippen LogP contribution is -2.45. The molecule has 0 bridgehead atoms. The topological polar surface area (TPSA) is 81.9 Å². The van der Waals surface area contributed by atoms with Crippen LogP contribution in [0.4, 0.5) is 5.69 Å². The molecule has 0 saturated carbocycles. The van der Waals surface area contributed by atoms with E-state index in [1.807, 2.05) is 24.3 Å². The van der Waals surface area contributed by atoms with E-state index in [1.54, 1.807) is 12.1 Å². The van der Waals surface area contributed by atoms with E-state index in [1.165, 1.54) is 6.26 Å². The Bertz CT molecular complexity index is 798. The van der Waals surface area contributed by atoms with E-state index in [2.05, 4.69) is 60.5 Å². The summed E-state index contributed by atoms with van der Waals surface area (Å²) in [6.07, 6.45) is 1.48. The van der Waals surface area contributed by atoms with Gasteiger partial charge in [0.2, 0.25) is 0 Å². The summed E-state index contributed by atoms with van der Waals surface area (Å²) in [6.45, 7) is 14.0. The first-order valence-corrected chi connectivity index (χ1v) is 10.6. The molecule has 1 heterocycles. The molecule has 0 atom stereocenters. The van der Waals surface area contributed by atoms with E-state index >= 15 is 0 Å². The number of guanidine groups is 1. The van der Waals surface area contributed by atoms with E-state index in [0.717, 1.165) is 31.2 Å². The molecule has 0 aliphatic carbocycles. The van der Waals surface area contributed by atoms with Gasteiger partial charge in [-0.2, -0.15) is 0 Å². The van der Waals surface area contributed by atoms with E-state index in [-0.39, 0.29) is 35.6 Å². The lowest BCUT2D eigenvalue weighted by atomic mass is 10.2. The van der Waals surface area contributed by atoms with Crippen LogP contribution in [0.15, 0.2) is 52.1 Å². The normalized spacial score (nSPS) is 11.5. The highest BCUT2D eigenvalue weighted by Crippen LogP contribution is 2.13. The number of amides is 1. The highest BCUT2D eigenvalue weighted by Gasteiger charge is 2.13. The first kappa shape index (κ1) is 27.0. The van der Waals surface area contributed by atoms with Crippen LogP contribution in [0.3, 0.4) is 0 Å². The molecule has 7 nitrogen and oxygen atoms in total. The van der Waals surface area contributed by atoms with Gasteiger partial charge in [-0.3, -0.25) is 9.69 Å². The first-order valence-electron chi connectivity index (χ1n) is 10.6. The number of furan rings is 1. The summed E-state index contributed by atoms with van der Waals surface area (Å²) < 4.78 is 5.13. The Balaban J connectivity index is 0.00000480. The molecule has 0 radical (unpaired) electrons. The number of carbonyl (C=O) groups is 1. The molecular weight excluding hydrogens is 505 g/mol. The Morgan fingerprint density at radius 1 is 1.10 bits per heavy atom. The van der Waals surface area contributed by atoms with Crippen molar-refractivity contribution >= 4 is 41.5 Å². The van der Waals surface area contributed by atoms with Crippen LogP contribution in [0, 0.1) is 0 Å². The lowest BCUT2D eigenvalue weighted by Gasteiger charge is -2.30. The van der Waals surface area contributed by atoms with Crippen LogP contribution in [0.2, 0.25) is 0 Å². The third-order valence-electron chi connectivity index (χ3n) is 4.68. The number of hydrogen-bond acceptors (Lipinski definition) is 4. The van der Waals surface area contributed by atoms with Crippen LogP contribution >= 0.6 is 24.0 Å². The predicted molar refractivity (Wildman–Crippen MR) is 138 cm³/mol. The number of halogens is 1. The van der Waals surface area contributed by atoms with Crippen molar-refractivity contribution in [1.29, 1.82) is 0 Å². The van der Waals surface area contributed by atoms with Crippen LogP contribution in [0.5, 0.6) is 0 Å². The van der Waals surface area contributed by atoms with Gasteiger partial charge in [-0.15, -0.1) is 24.0 Å². The molecule has 0 fully saturated rings. The molecule has 3 N–H and O–H groups in total. The smallest absolute Gasteiger partial charge is 0.291 e. The zero-order chi connectivity index (χ0) is 21.9. The molecule has 2 aromatic rings. The quantitative estimate of drug-likeness (QED) is 0.237. The second kappa shape index (κ2) is 14.1. The SMILES string of the molecule is CCNC(=NCc1cccc(NC(=O)c2ccco2)c1)NCCN(C(C)C)C(C)C.I. The van der Waals surface area contributed by atoms with Crippen LogP contribution in [-0.4, -0.2) is 48.5 Å². The van der Waals surface area contributed by atoms with Gasteiger partial charge in [0.25, 0.3) is 5.91 Å². The van der Waals surface area contributed by atoms with Crippen molar-refractivity contribution in [2.45, 2.75) is 53.2 Å². The molecule has 0 unspecified atom stereocenters. The van der Waals surface area contributed by atoms with Crippen molar-refractivity contribution in [3.8, 4) is 0 Å². The average molecular weight is 541 g/mol. The molecule has 172 valence electrons. The van der Waals surface area contributed by atoms with Crippen molar-refractivity contribution in [2.75, 3.05) is 25.0 Å². The van der Waals surface area contributed by atoms with Crippen LogP contribution in [0.1, 0.15) is 50.7 Å². The summed E-state index contributed by atoms with van der Waals surface area (Å²) in [6, 6.07) is 12.0. The van der Waals surface area contributed by atoms with Crippen molar-refractivity contribution in [1.82, 2.24) is 15.5 Å². The summed E-state index contributed by atoms with van der Waals surface area (Å²) in [7, 11) is 0. The summed E-state index contributed by atoms with van der Waals surface area (Å²) in [5, 5.41) is 9.55. The Morgan fingerprint density at radius 3 is 2.45 bits per heavy atom. The van der Waals surface area contributed by atoms with Crippen molar-refractivity contribution in [2.24, 2.45) is 4.99 Å². The molecule has 0 saturated heterocycles. The third-order valence-corrected chi connectivity index (χ3v) is 4.68. The molecule has 0 aliphatic heterocycles. The summed E-state index contributed by atoms with van der Waals surface area (Å²) in [4.78, 5) is 19.3. The summed E-state index contributed by atoms with van der Waals surface area (Å²) in [5.74, 6) is 0.805. The standard InChI is InChI=1S/C23H35N5O2.HI/c1-6-24-23(25-12-13-28(17(2)3)18(4)5)26-16-19-9-7-10-20(15-19)27-22(29)21-11-8-14-30-21;/h7-11,14-15,17-18H,6,12-13,16H2,1-5H3,(H,27,29)(H2,24,25,26);1H. The fourth-order valence-electron chi connectivity index (χ4n) is 3.28. The van der Waals surface area contributed by atoms with Crippen LogP contribution in [-0.2, 0) is 6.54 Å². The van der Waals surface area contributed by atoms with Crippen molar-refractivity contribution in [3.63, 3.8) is 0 Å². The highest BCUT2D eigenvalue weighted by atomic mass is 127. The Morgan fingerprint density at radius 2 is 1.84 bits per heavy atom. The van der Waals surface area contributed by atoms with Crippen LogP contribution in [0.25, 0.3) is 0 Å². The molecule has 0 aliphatic rings. The monoisotopic (exact) mass is 541 g/mol. The van der Waals surface area contributed by atoms with Gasteiger partial charge in [0, 0.05) is 37.4 Å². The Hall–Kier alpha value is -2.07. The first-order chi connectivity index (χ1) is 14.4. The number of nitrogens with zero attached hydrogens (tertiary/aromatic N) is 2. The molecule has 8 heteroatoms. The number of rotatable bonds is 10. The highest BCUT2D eigenvalue weighted by molar-refractivity contribution is 14.0. The van der Waals surface area contributed by atoms with Crippen LogP contribution < -0.4 is 16.0 Å². The molecule has 1 amide bonds. The predicted octanol–water partition coefficient (Wildman–Crippen LogP) is 4.32. The zero-order valence-corrected chi connectivity index (χ0v) is 21.5. The number of anilines is 1. The minimum atomic E-state index is -0.268. The fourth-order valence-corrected chi connectivity index (χ4v) is 3.28. The summed E-state index contributed by atoms with van der Waals surface area (Å²) >= 11 is 0. The van der Waals surface area contributed by atoms with Gasteiger partial charge in [0.15, 0.2) is 11.7 Å². The van der Waals surface area contributed by atoms with E-state index in [0.29, 0.717) is 24.3 Å². The van der Waals surface area contributed by atoms with Gasteiger partial charge in [0.1, 0.15) is 0 Å². The molecule has 31 heavy (non-hydrogen) atoms. The largest absolute Gasteiger partial charge is 0.459 e. The second-order valence-electron chi connectivity index (χ2n) is 7.68. The number of nitrogens with one attached hydrogen (secondary N) is 3. The van der Waals surface area contributed by atoms with Gasteiger partial charge in [-0.25, -0.2) is 4.99 Å². The molecule has 2 rings (SSSR count). The van der Waals surface area contributed by atoms with Gasteiger partial charge in [-0.1, -0.05) is 12.1 Å². The molecule has 1 aromatic carbocycles. The zero-order valence-electron chi connectivity index (χ0n) is 19.1. The van der Waals surface area contributed by atoms with E-state index in [4.69, 9.17) is 4.42 Å². The molecular formula is C23H36IN5O2. The van der Waals surface area contributed by atoms with Crippen molar-refractivity contribution < 1.29 is 9.21 Å². The maximum Gasteiger partial charge on any atom is 0.291 e. The maximum atomic E-state index is 12.2. The minimum Gasteiger partial charge on any atom is -0.459 e. The number of benzene rings is 1. The fraction of sp³-hybridized carbons (Fsp3) is 0.478. The average Bonchev–Trinajstić information content (AvgIpc) is 3.24. The van der Waals surface area contributed by atoms with Gasteiger partial charge >= 0.3 is 0 Å². The van der Waals surface area contributed by atoms with Crippen molar-refractivity contribution in [3.05, 3.63) is 54.0 Å².